The summed E-state index contributed by atoms with van der Waals surface area (Å²) >= 11 is 3.53. The lowest BCUT2D eigenvalue weighted by Crippen LogP contribution is -2.48. The molecule has 0 saturated carbocycles. The van der Waals surface area contributed by atoms with E-state index >= 15 is 0 Å². The molecule has 2 N–H and O–H groups in total. The van der Waals surface area contributed by atoms with Gasteiger partial charge in [0, 0.05) is 36.0 Å². The van der Waals surface area contributed by atoms with Crippen LogP contribution >= 0.6 is 15.9 Å². The van der Waals surface area contributed by atoms with Crippen molar-refractivity contribution in [2.75, 3.05) is 19.8 Å². The topological polar surface area (TPSA) is 89.4 Å². The number of carbonyl (C=O) groups excluding carboxylic acids is 1. The Bertz CT molecular complexity index is 1300. The lowest BCUT2D eigenvalue weighted by molar-refractivity contribution is -0.274. The highest BCUT2D eigenvalue weighted by molar-refractivity contribution is 9.10. The van der Waals surface area contributed by atoms with Crippen molar-refractivity contribution in [3.63, 3.8) is 0 Å². The Labute approximate surface area is 231 Å². The summed E-state index contributed by atoms with van der Waals surface area (Å²) < 4.78 is 53.5. The second kappa shape index (κ2) is 12.5. The van der Waals surface area contributed by atoms with Crippen LogP contribution in [-0.4, -0.2) is 48.6 Å². The van der Waals surface area contributed by atoms with Crippen LogP contribution in [0.5, 0.6) is 11.5 Å². The van der Waals surface area contributed by atoms with E-state index in [1.807, 2.05) is 24.3 Å². The fourth-order valence-electron chi connectivity index (χ4n) is 3.94. The summed E-state index contributed by atoms with van der Waals surface area (Å²) in [7, 11) is 0. The monoisotopic (exact) mass is 606 g/mol. The molecule has 0 aromatic heterocycles. The minimum Gasteiger partial charge on any atom is -0.494 e. The third-order valence-corrected chi connectivity index (χ3v) is 6.68. The first-order valence-corrected chi connectivity index (χ1v) is 12.9. The SMILES string of the molecule is O=C(NCc1ccc(OC(F)(F)F)cc1)[C@@]1(Cc2ccccc2Br)COC(c2ccc(OCCCO)cc2)=N1. The molecule has 206 valence electrons. The van der Waals surface area contributed by atoms with Crippen LogP contribution in [0, 0.1) is 0 Å². The zero-order valence-corrected chi connectivity index (χ0v) is 22.3. The zero-order valence-electron chi connectivity index (χ0n) is 20.7. The van der Waals surface area contributed by atoms with Gasteiger partial charge in [-0.3, -0.25) is 4.79 Å². The number of nitrogens with zero attached hydrogens (tertiary/aromatic N) is 1. The minimum atomic E-state index is -4.78. The molecule has 0 fully saturated rings. The van der Waals surface area contributed by atoms with Crippen LogP contribution in [-0.2, 0) is 22.5 Å². The summed E-state index contributed by atoms with van der Waals surface area (Å²) in [4.78, 5) is 18.3. The maximum absolute atomic E-state index is 13.6. The summed E-state index contributed by atoms with van der Waals surface area (Å²) in [6.07, 6.45) is -4.00. The first kappa shape index (κ1) is 28.4. The first-order chi connectivity index (χ1) is 18.7. The average molecular weight is 607 g/mol. The van der Waals surface area contributed by atoms with Crippen LogP contribution in [0.4, 0.5) is 13.2 Å². The molecule has 1 atom stereocenters. The van der Waals surface area contributed by atoms with Gasteiger partial charge in [0.2, 0.25) is 5.90 Å². The van der Waals surface area contributed by atoms with Gasteiger partial charge in [-0.2, -0.15) is 0 Å². The van der Waals surface area contributed by atoms with Gasteiger partial charge in [0.25, 0.3) is 5.91 Å². The van der Waals surface area contributed by atoms with Crippen LogP contribution in [0.25, 0.3) is 0 Å². The van der Waals surface area contributed by atoms with E-state index in [0.717, 1.165) is 10.0 Å². The van der Waals surface area contributed by atoms with Crippen molar-refractivity contribution < 1.29 is 37.3 Å². The average Bonchev–Trinajstić information content (AvgIpc) is 3.34. The highest BCUT2D eigenvalue weighted by atomic mass is 79.9. The molecule has 0 saturated heterocycles. The predicted molar refractivity (Wildman–Crippen MR) is 142 cm³/mol. The van der Waals surface area contributed by atoms with Gasteiger partial charge in [-0.1, -0.05) is 46.3 Å². The van der Waals surface area contributed by atoms with Crippen molar-refractivity contribution in [1.82, 2.24) is 5.32 Å². The lowest BCUT2D eigenvalue weighted by atomic mass is 9.91. The summed E-state index contributed by atoms with van der Waals surface area (Å²) in [6.45, 7) is 0.513. The number of aliphatic hydroxyl groups excluding tert-OH is 1. The van der Waals surface area contributed by atoms with Crippen molar-refractivity contribution in [3.8, 4) is 11.5 Å². The Balaban J connectivity index is 1.52. The van der Waals surface area contributed by atoms with Crippen molar-refractivity contribution >= 4 is 27.7 Å². The third kappa shape index (κ3) is 7.73. The molecule has 0 unspecified atom stereocenters. The molecule has 0 bridgehead atoms. The molecule has 1 heterocycles. The number of hydrogen-bond acceptors (Lipinski definition) is 6. The van der Waals surface area contributed by atoms with E-state index in [0.29, 0.717) is 35.8 Å². The summed E-state index contributed by atoms with van der Waals surface area (Å²) in [5, 5.41) is 11.8. The number of amides is 1. The number of aliphatic imine (C=N–C) groups is 1. The number of halogens is 4. The van der Waals surface area contributed by atoms with E-state index < -0.39 is 11.9 Å². The highest BCUT2D eigenvalue weighted by Gasteiger charge is 2.44. The Morgan fingerprint density at radius 1 is 1.05 bits per heavy atom. The largest absolute Gasteiger partial charge is 0.573 e. The van der Waals surface area contributed by atoms with Gasteiger partial charge >= 0.3 is 6.36 Å². The van der Waals surface area contributed by atoms with Gasteiger partial charge in [0.1, 0.15) is 18.1 Å². The Morgan fingerprint density at radius 2 is 1.74 bits per heavy atom. The van der Waals surface area contributed by atoms with E-state index in [-0.39, 0.29) is 37.8 Å². The lowest BCUT2D eigenvalue weighted by Gasteiger charge is -2.24. The van der Waals surface area contributed by atoms with Crippen LogP contribution in [0.3, 0.4) is 0 Å². The van der Waals surface area contributed by atoms with E-state index in [2.05, 4.69) is 26.0 Å². The first-order valence-electron chi connectivity index (χ1n) is 12.1. The Morgan fingerprint density at radius 3 is 2.41 bits per heavy atom. The van der Waals surface area contributed by atoms with Gasteiger partial charge in [0.05, 0.1) is 6.61 Å². The molecule has 39 heavy (non-hydrogen) atoms. The van der Waals surface area contributed by atoms with E-state index in [9.17, 15) is 18.0 Å². The molecule has 11 heteroatoms. The van der Waals surface area contributed by atoms with Crippen LogP contribution < -0.4 is 14.8 Å². The van der Waals surface area contributed by atoms with Gasteiger partial charge in [-0.05, 0) is 53.6 Å². The summed E-state index contributed by atoms with van der Waals surface area (Å²) in [5.74, 6) is 0.224. The molecule has 3 aromatic rings. The smallest absolute Gasteiger partial charge is 0.494 e. The normalized spacial score (nSPS) is 16.8. The highest BCUT2D eigenvalue weighted by Crippen LogP contribution is 2.30. The predicted octanol–water partition coefficient (Wildman–Crippen LogP) is 5.18. The number of benzene rings is 3. The maximum atomic E-state index is 13.6. The van der Waals surface area contributed by atoms with Crippen LogP contribution in [0.15, 0.2) is 82.3 Å². The van der Waals surface area contributed by atoms with Crippen molar-refractivity contribution in [1.29, 1.82) is 0 Å². The number of nitrogens with one attached hydrogen (secondary N) is 1. The molecule has 0 spiro atoms. The number of carbonyl (C=O) groups is 1. The fraction of sp³-hybridized carbons (Fsp3) is 0.286. The van der Waals surface area contributed by atoms with Crippen LogP contribution in [0.2, 0.25) is 0 Å². The fourth-order valence-corrected chi connectivity index (χ4v) is 4.37. The standard InChI is InChI=1S/C28H26BrF3N2O5/c29-24-5-2-1-4-21(24)16-27(26(36)33-17-19-6-10-23(11-7-19)39-28(30,31)32)18-38-25(34-27)20-8-12-22(13-9-20)37-15-3-14-35/h1-2,4-13,35H,3,14-18H2,(H,33,36)/t27-/m1/s1. The molecule has 0 radical (unpaired) electrons. The molecule has 1 amide bonds. The van der Waals surface area contributed by atoms with Gasteiger partial charge < -0.3 is 24.6 Å². The van der Waals surface area contributed by atoms with E-state index in [4.69, 9.17) is 19.6 Å². The summed E-state index contributed by atoms with van der Waals surface area (Å²) in [6, 6.07) is 19.9. The van der Waals surface area contributed by atoms with E-state index in [1.54, 1.807) is 24.3 Å². The second-order valence-corrected chi connectivity index (χ2v) is 9.68. The van der Waals surface area contributed by atoms with Crippen LogP contribution in [0.1, 0.15) is 23.1 Å². The van der Waals surface area contributed by atoms with Gasteiger partial charge in [-0.15, -0.1) is 13.2 Å². The molecule has 4 rings (SSSR count). The molecule has 1 aliphatic rings. The van der Waals surface area contributed by atoms with Crippen molar-refractivity contribution in [3.05, 3.63) is 94.0 Å². The molecule has 0 aliphatic carbocycles. The Kier molecular flexibility index (Phi) is 9.13. The molecule has 3 aromatic carbocycles. The summed E-state index contributed by atoms with van der Waals surface area (Å²) in [5.41, 5.74) is 0.859. The Hall–Kier alpha value is -3.57. The molecular formula is C28H26BrF3N2O5. The number of aliphatic hydroxyl groups is 1. The van der Waals surface area contributed by atoms with Gasteiger partial charge in [-0.25, -0.2) is 4.99 Å². The quantitative estimate of drug-likeness (QED) is 0.294. The number of ether oxygens (including phenoxy) is 3. The van der Waals surface area contributed by atoms with E-state index in [1.165, 1.54) is 24.3 Å². The minimum absolute atomic E-state index is 0.00259. The number of hydrogen-bond donors (Lipinski definition) is 2. The molecular weight excluding hydrogens is 581 g/mol. The second-order valence-electron chi connectivity index (χ2n) is 8.83. The molecule has 7 nitrogen and oxygen atoms in total. The third-order valence-electron chi connectivity index (χ3n) is 5.91. The zero-order chi connectivity index (χ0) is 27.9. The maximum Gasteiger partial charge on any atom is 0.573 e. The number of rotatable bonds is 11. The van der Waals surface area contributed by atoms with Crippen molar-refractivity contribution in [2.45, 2.75) is 31.3 Å². The number of alkyl halides is 3. The van der Waals surface area contributed by atoms with Crippen molar-refractivity contribution in [2.24, 2.45) is 4.99 Å². The van der Waals surface area contributed by atoms with Gasteiger partial charge in [0.15, 0.2) is 5.54 Å². The molecule has 1 aliphatic heterocycles.